The minimum atomic E-state index is -9.75. The van der Waals surface area contributed by atoms with Gasteiger partial charge in [0.25, 0.3) is 0 Å². The van der Waals surface area contributed by atoms with Gasteiger partial charge in [0, 0.05) is 0 Å². The second-order valence-corrected chi connectivity index (χ2v) is 8.05. The van der Waals surface area contributed by atoms with E-state index >= 15 is 0 Å². The molecule has 28 heteroatoms. The fourth-order valence-electron chi connectivity index (χ4n) is 2.52. The van der Waals surface area contributed by atoms with Gasteiger partial charge in [-0.1, -0.05) is 0 Å². The molecule has 1 nitrogen and oxygen atoms in total. The minimum Gasteiger partial charge on any atom is -0.314 e. The van der Waals surface area contributed by atoms with Gasteiger partial charge in [-0.05, 0) is 7.05 Å². The van der Waals surface area contributed by atoms with Crippen LogP contribution in [0.3, 0.4) is 0 Å². The van der Waals surface area contributed by atoms with E-state index in [1.807, 2.05) is 0 Å². The number of halogens is 27. The Labute approximate surface area is 216 Å². The monoisotopic (exact) mass is 713 g/mol. The molecule has 0 spiro atoms. The Bertz CT molecular complexity index is 1000. The Kier molecular flexibility index (Phi) is 9.59. The van der Waals surface area contributed by atoms with Crippen LogP contribution in [-0.4, -0.2) is 90.8 Å². The quantitative estimate of drug-likeness (QED) is 0.189. The molecule has 0 amide bonds. The zero-order valence-electron chi connectivity index (χ0n) is 18.9. The summed E-state index contributed by atoms with van der Waals surface area (Å²) < 4.78 is 357. The first kappa shape index (κ1) is 41.1. The van der Waals surface area contributed by atoms with Gasteiger partial charge in [-0.2, -0.15) is 119 Å². The van der Waals surface area contributed by atoms with Gasteiger partial charge in [0.15, 0.2) is 0 Å². The molecule has 0 rings (SSSR count). The van der Waals surface area contributed by atoms with Crippen molar-refractivity contribution in [3.8, 4) is 0 Å². The smallest absolute Gasteiger partial charge is 0.314 e. The topological polar surface area (TPSA) is 12.0 Å². The molecule has 0 atom stereocenters. The Hall–Kier alpha value is -1.93. The average Bonchev–Trinajstić information content (AvgIpc) is 2.76. The van der Waals surface area contributed by atoms with Crippen LogP contribution in [0.1, 0.15) is 0 Å². The van der Waals surface area contributed by atoms with Gasteiger partial charge in [-0.15, -0.1) is 0 Å². The predicted molar refractivity (Wildman–Crippen MR) is 79.3 cm³/mol. The molecular weight excluding hydrogens is 707 g/mol. The third-order valence-corrected chi connectivity index (χ3v) is 5.16. The van der Waals surface area contributed by atoms with Crippen LogP contribution in [0.4, 0.5) is 119 Å². The largest absolute Gasteiger partial charge is 0.460 e. The summed E-state index contributed by atoms with van der Waals surface area (Å²) >= 11 is 0. The highest BCUT2D eigenvalue weighted by atomic mass is 19.4. The Balaban J connectivity index is 7.42. The van der Waals surface area contributed by atoms with Crippen molar-refractivity contribution < 1.29 is 119 Å². The van der Waals surface area contributed by atoms with Crippen LogP contribution >= 0.6 is 0 Å². The first-order chi connectivity index (χ1) is 18.1. The number of hydrogen-bond acceptors (Lipinski definition) is 1. The van der Waals surface area contributed by atoms with Crippen LogP contribution in [-0.2, 0) is 0 Å². The lowest BCUT2D eigenvalue weighted by Crippen LogP contribution is -2.79. The van der Waals surface area contributed by atoms with Crippen molar-refractivity contribution in [2.75, 3.05) is 13.6 Å². The van der Waals surface area contributed by atoms with Crippen molar-refractivity contribution in [2.24, 2.45) is 0 Å². The molecule has 0 aromatic carbocycles. The molecule has 0 heterocycles. The molecule has 0 saturated carbocycles. The summed E-state index contributed by atoms with van der Waals surface area (Å²) in [6.45, 7) is -2.99. The Morgan fingerprint density at radius 3 is 0.605 bits per heavy atom. The number of rotatable bonds is 13. The summed E-state index contributed by atoms with van der Waals surface area (Å²) in [5.74, 6) is -109. The second kappa shape index (κ2) is 10.0. The maximum absolute atomic E-state index is 13.6. The molecule has 0 aromatic rings. The number of nitrogens with one attached hydrogen (secondary N) is 1. The van der Waals surface area contributed by atoms with Gasteiger partial charge < -0.3 is 5.32 Å². The molecule has 0 aliphatic heterocycles. The fraction of sp³-hybridized carbons (Fsp3) is 1.00. The third kappa shape index (κ3) is 4.79. The standard InChI is InChI=1S/C15H6F27N/c1-43-2-3(16,17)4(18,19)5(20,21)6(22,23)7(24,25)8(26,27)9(28,29)10(30,31)11(32,33)12(34,35)13(36,37)14(38,39)15(40,41)42/h43H,2H2,1H3. The van der Waals surface area contributed by atoms with E-state index in [2.05, 4.69) is 0 Å². The Morgan fingerprint density at radius 1 is 0.279 bits per heavy atom. The van der Waals surface area contributed by atoms with Crippen molar-refractivity contribution >= 4 is 0 Å². The van der Waals surface area contributed by atoms with E-state index in [1.165, 1.54) is 0 Å². The molecule has 0 fully saturated rings. The van der Waals surface area contributed by atoms with Crippen molar-refractivity contribution in [3.05, 3.63) is 0 Å². The molecule has 0 saturated heterocycles. The molecule has 0 aliphatic carbocycles. The second-order valence-electron chi connectivity index (χ2n) is 8.05. The average molecular weight is 713 g/mol. The molecule has 1 N–H and O–H groups in total. The van der Waals surface area contributed by atoms with Crippen LogP contribution in [0.5, 0.6) is 0 Å². The summed E-state index contributed by atoms with van der Waals surface area (Å²) in [6, 6.07) is 0. The molecule has 0 bridgehead atoms. The van der Waals surface area contributed by atoms with Crippen LogP contribution < -0.4 is 5.32 Å². The SMILES string of the molecule is CNCC(F)(F)C(F)(F)C(F)(F)C(F)(F)C(F)(F)C(F)(F)C(F)(F)C(F)(F)C(F)(F)C(F)(F)C(F)(F)C(F)(F)C(F)(F)F. The zero-order valence-corrected chi connectivity index (χ0v) is 18.9. The lowest BCUT2D eigenvalue weighted by Gasteiger charge is -2.46. The van der Waals surface area contributed by atoms with Gasteiger partial charge in [-0.25, -0.2) is 0 Å². The zero-order chi connectivity index (χ0) is 35.9. The van der Waals surface area contributed by atoms with Gasteiger partial charge in [0.1, 0.15) is 0 Å². The molecule has 260 valence electrons. The van der Waals surface area contributed by atoms with E-state index < -0.39 is 83.8 Å². The minimum absolute atomic E-state index is 0.107. The maximum atomic E-state index is 13.6. The van der Waals surface area contributed by atoms with Crippen molar-refractivity contribution in [2.45, 2.75) is 77.2 Å². The summed E-state index contributed by atoms with van der Waals surface area (Å²) in [4.78, 5) is 0. The fourth-order valence-corrected chi connectivity index (χ4v) is 2.52. The van der Waals surface area contributed by atoms with Crippen molar-refractivity contribution in [1.82, 2.24) is 5.32 Å². The summed E-state index contributed by atoms with van der Waals surface area (Å²) in [5, 5.41) is 0.811. The lowest BCUT2D eigenvalue weighted by atomic mass is 9.84. The molecule has 0 aromatic heterocycles. The van der Waals surface area contributed by atoms with Gasteiger partial charge in [-0.3, -0.25) is 0 Å². The normalized spacial score (nSPS) is 17.0. The maximum Gasteiger partial charge on any atom is 0.460 e. The molecule has 0 aliphatic rings. The molecular formula is C15H6F27N. The summed E-state index contributed by atoms with van der Waals surface area (Å²) in [7, 11) is 0.107. The predicted octanol–water partition coefficient (Wildman–Crippen LogP) is 8.39. The Morgan fingerprint density at radius 2 is 0.442 bits per heavy atom. The van der Waals surface area contributed by atoms with Gasteiger partial charge >= 0.3 is 77.2 Å². The number of alkyl halides is 27. The lowest BCUT2D eigenvalue weighted by molar-refractivity contribution is -0.484. The van der Waals surface area contributed by atoms with E-state index in [1.54, 1.807) is 0 Å². The molecule has 0 unspecified atom stereocenters. The van der Waals surface area contributed by atoms with Crippen LogP contribution in [0.25, 0.3) is 0 Å². The first-order valence-electron chi connectivity index (χ1n) is 9.31. The van der Waals surface area contributed by atoms with Crippen LogP contribution in [0.2, 0.25) is 0 Å². The van der Waals surface area contributed by atoms with Crippen molar-refractivity contribution in [1.29, 1.82) is 0 Å². The summed E-state index contributed by atoms with van der Waals surface area (Å²) in [6.07, 6.45) is -8.22. The summed E-state index contributed by atoms with van der Waals surface area (Å²) in [5.41, 5.74) is 0. The van der Waals surface area contributed by atoms with E-state index in [9.17, 15) is 119 Å². The highest BCUT2D eigenvalue weighted by Gasteiger charge is 3.00. The highest BCUT2D eigenvalue weighted by molar-refractivity contribution is 5.20. The highest BCUT2D eigenvalue weighted by Crippen LogP contribution is 2.68. The van der Waals surface area contributed by atoms with E-state index in [0.29, 0.717) is 0 Å². The van der Waals surface area contributed by atoms with E-state index in [4.69, 9.17) is 0 Å². The molecule has 43 heavy (non-hydrogen) atoms. The van der Waals surface area contributed by atoms with Crippen LogP contribution in [0, 0.1) is 0 Å². The van der Waals surface area contributed by atoms with Crippen molar-refractivity contribution in [3.63, 3.8) is 0 Å². The van der Waals surface area contributed by atoms with Gasteiger partial charge in [0.05, 0.1) is 6.54 Å². The van der Waals surface area contributed by atoms with Crippen LogP contribution in [0.15, 0.2) is 0 Å². The number of hydrogen-bond donors (Lipinski definition) is 1. The third-order valence-electron chi connectivity index (χ3n) is 5.16. The van der Waals surface area contributed by atoms with Gasteiger partial charge in [0.2, 0.25) is 0 Å². The van der Waals surface area contributed by atoms with E-state index in [0.717, 1.165) is 5.32 Å². The van der Waals surface area contributed by atoms with E-state index in [-0.39, 0.29) is 7.05 Å². The molecule has 0 radical (unpaired) electrons. The first-order valence-corrected chi connectivity index (χ1v) is 9.31.